The molecular weight excluding hydrogens is 240 g/mol. The zero-order chi connectivity index (χ0) is 14.1. The van der Waals surface area contributed by atoms with Gasteiger partial charge in [0.25, 0.3) is 0 Å². The molecule has 4 heteroatoms. The van der Waals surface area contributed by atoms with Crippen LogP contribution in [0.25, 0.3) is 0 Å². The van der Waals surface area contributed by atoms with Crippen molar-refractivity contribution in [3.8, 4) is 0 Å². The van der Waals surface area contributed by atoms with Gasteiger partial charge in [-0.1, -0.05) is 6.07 Å². The molecule has 0 fully saturated rings. The maximum atomic E-state index is 11.8. The van der Waals surface area contributed by atoms with Crippen molar-refractivity contribution in [3.05, 3.63) is 34.9 Å². The highest BCUT2D eigenvalue weighted by molar-refractivity contribution is 5.89. The molecule has 0 radical (unpaired) electrons. The van der Waals surface area contributed by atoms with Crippen LogP contribution in [0.1, 0.15) is 41.3 Å². The summed E-state index contributed by atoms with van der Waals surface area (Å²) in [5.41, 5.74) is 10.8. The molecule has 0 aliphatic heterocycles. The van der Waals surface area contributed by atoms with E-state index in [1.54, 1.807) is 0 Å². The molecule has 6 N–H and O–H groups in total. The van der Waals surface area contributed by atoms with Gasteiger partial charge >= 0.3 is 5.97 Å². The van der Waals surface area contributed by atoms with E-state index >= 15 is 0 Å². The Morgan fingerprint density at radius 2 is 1.58 bits per heavy atom. The third-order valence-corrected chi connectivity index (χ3v) is 2.99. The van der Waals surface area contributed by atoms with Gasteiger partial charge in [-0.25, -0.2) is 4.79 Å². The molecule has 0 atom stereocenters. The van der Waals surface area contributed by atoms with E-state index in [2.05, 4.69) is 17.5 Å². The van der Waals surface area contributed by atoms with Crippen LogP contribution in [0.2, 0.25) is 0 Å². The van der Waals surface area contributed by atoms with Crippen molar-refractivity contribution >= 4 is 5.97 Å². The summed E-state index contributed by atoms with van der Waals surface area (Å²) >= 11 is 0. The van der Waals surface area contributed by atoms with E-state index in [1.165, 1.54) is 11.1 Å². The monoisotopic (exact) mass is 266 g/mol. The van der Waals surface area contributed by atoms with Crippen LogP contribution in [0.15, 0.2) is 18.2 Å². The number of hydrogen-bond donors (Lipinski definition) is 2. The first-order valence-electron chi connectivity index (χ1n) is 7.09. The molecule has 1 aromatic carbocycles. The Morgan fingerprint density at radius 1 is 1.05 bits per heavy atom. The van der Waals surface area contributed by atoms with Gasteiger partial charge in [0.15, 0.2) is 0 Å². The molecule has 19 heavy (non-hydrogen) atoms. The second-order valence-electron chi connectivity index (χ2n) is 4.67. The lowest BCUT2D eigenvalue weighted by Gasteiger charge is -2.08. The van der Waals surface area contributed by atoms with E-state index in [0.29, 0.717) is 12.2 Å². The van der Waals surface area contributed by atoms with E-state index in [1.807, 2.05) is 19.1 Å². The molecule has 0 unspecified atom stereocenters. The van der Waals surface area contributed by atoms with Crippen LogP contribution in [0, 0.1) is 0 Å². The summed E-state index contributed by atoms with van der Waals surface area (Å²) in [6.07, 6.45) is 4.02. The van der Waals surface area contributed by atoms with E-state index < -0.39 is 0 Å². The van der Waals surface area contributed by atoms with E-state index in [0.717, 1.165) is 38.8 Å². The highest BCUT2D eigenvalue weighted by atomic mass is 16.5. The molecule has 0 spiro atoms. The molecule has 0 saturated carbocycles. The Kier molecular flexibility index (Phi) is 7.15. The summed E-state index contributed by atoms with van der Waals surface area (Å²) in [4.78, 5) is 11.8. The Morgan fingerprint density at radius 3 is 2.00 bits per heavy atom. The number of aryl methyl sites for hydroxylation is 2. The molecule has 0 aliphatic rings. The second-order valence-corrected chi connectivity index (χ2v) is 4.67. The maximum Gasteiger partial charge on any atom is 0.338 e. The highest BCUT2D eigenvalue weighted by Crippen LogP contribution is 2.15. The molecule has 0 bridgehead atoms. The molecule has 0 saturated heterocycles. The summed E-state index contributed by atoms with van der Waals surface area (Å²) in [5.74, 6) is -0.227. The van der Waals surface area contributed by atoms with Gasteiger partial charge in [0.05, 0.1) is 25.3 Å². The Bertz CT molecular complexity index is 379. The summed E-state index contributed by atoms with van der Waals surface area (Å²) in [5, 5.41) is 0. The van der Waals surface area contributed by atoms with Crippen molar-refractivity contribution in [1.29, 1.82) is 0 Å². The van der Waals surface area contributed by atoms with Crippen molar-refractivity contribution in [2.24, 2.45) is 0 Å². The second kappa shape index (κ2) is 8.67. The minimum Gasteiger partial charge on any atom is -0.462 e. The molecule has 106 valence electrons. The standard InChI is InChI=1S/C15H24N2O2/c1-2-19-15(18)14-10-12(5-3-7-16)9-13(11-14)6-4-8-17/h9-11H,2-8,16-17H2,1H3/p+2. The average molecular weight is 266 g/mol. The average Bonchev–Trinajstić information content (AvgIpc) is 2.43. The van der Waals surface area contributed by atoms with Crippen molar-refractivity contribution < 1.29 is 21.0 Å². The number of hydrogen-bond acceptors (Lipinski definition) is 2. The molecule has 1 rings (SSSR count). The number of esters is 1. The van der Waals surface area contributed by atoms with Crippen LogP contribution >= 0.6 is 0 Å². The Hall–Kier alpha value is -1.39. The van der Waals surface area contributed by atoms with Crippen molar-refractivity contribution in [1.82, 2.24) is 0 Å². The van der Waals surface area contributed by atoms with Crippen molar-refractivity contribution in [2.75, 3.05) is 19.7 Å². The minimum atomic E-state index is -0.227. The summed E-state index contributed by atoms with van der Waals surface area (Å²) < 4.78 is 5.08. The molecule has 1 aromatic rings. The van der Waals surface area contributed by atoms with Gasteiger partial charge in [-0.3, -0.25) is 0 Å². The normalized spacial score (nSPS) is 10.5. The van der Waals surface area contributed by atoms with Crippen LogP contribution in [0.4, 0.5) is 0 Å². The fourth-order valence-corrected chi connectivity index (χ4v) is 2.04. The van der Waals surface area contributed by atoms with Gasteiger partial charge in [-0.15, -0.1) is 0 Å². The zero-order valence-electron chi connectivity index (χ0n) is 11.9. The smallest absolute Gasteiger partial charge is 0.338 e. The molecule has 0 aromatic heterocycles. The van der Waals surface area contributed by atoms with Gasteiger partial charge in [0.2, 0.25) is 0 Å². The number of benzene rings is 1. The topological polar surface area (TPSA) is 81.6 Å². The van der Waals surface area contributed by atoms with Gasteiger partial charge in [-0.05, 0) is 43.0 Å². The fourth-order valence-electron chi connectivity index (χ4n) is 2.04. The molecular formula is C15H26N2O2+2. The number of carbonyl (C=O) groups is 1. The number of carbonyl (C=O) groups excluding carboxylic acids is 1. The fraction of sp³-hybridized carbons (Fsp3) is 0.533. The predicted octanol–water partition coefficient (Wildman–Crippen LogP) is 0.212. The lowest BCUT2D eigenvalue weighted by Crippen LogP contribution is -2.50. The molecule has 4 nitrogen and oxygen atoms in total. The first-order chi connectivity index (χ1) is 9.21. The number of rotatable bonds is 8. The van der Waals surface area contributed by atoms with Crippen LogP contribution in [-0.4, -0.2) is 25.7 Å². The third kappa shape index (κ3) is 5.41. The lowest BCUT2D eigenvalue weighted by molar-refractivity contribution is -0.368. The summed E-state index contributed by atoms with van der Waals surface area (Å²) in [7, 11) is 0. The number of quaternary nitrogens is 2. The SMILES string of the molecule is CCOC(=O)c1cc(CCC[NH3+])cc(CCC[NH3+])c1. The van der Waals surface area contributed by atoms with Crippen LogP contribution in [-0.2, 0) is 17.6 Å². The summed E-state index contributed by atoms with van der Waals surface area (Å²) in [6.45, 7) is 4.07. The minimum absolute atomic E-state index is 0.227. The van der Waals surface area contributed by atoms with Gasteiger partial charge < -0.3 is 16.2 Å². The Balaban J connectivity index is 2.90. The zero-order valence-corrected chi connectivity index (χ0v) is 11.9. The van der Waals surface area contributed by atoms with E-state index in [4.69, 9.17) is 4.74 Å². The molecule has 0 heterocycles. The first kappa shape index (κ1) is 15.7. The maximum absolute atomic E-state index is 11.8. The van der Waals surface area contributed by atoms with Crippen LogP contribution in [0.5, 0.6) is 0 Å². The lowest BCUT2D eigenvalue weighted by atomic mass is 9.99. The van der Waals surface area contributed by atoms with Gasteiger partial charge in [0.1, 0.15) is 0 Å². The van der Waals surface area contributed by atoms with Crippen LogP contribution < -0.4 is 11.5 Å². The number of ether oxygens (including phenoxy) is 1. The highest BCUT2D eigenvalue weighted by Gasteiger charge is 2.09. The Labute approximate surface area is 115 Å². The molecule has 0 aliphatic carbocycles. The van der Waals surface area contributed by atoms with E-state index in [-0.39, 0.29) is 5.97 Å². The predicted molar refractivity (Wildman–Crippen MR) is 74.6 cm³/mol. The van der Waals surface area contributed by atoms with Gasteiger partial charge in [0, 0.05) is 12.8 Å². The van der Waals surface area contributed by atoms with Crippen LogP contribution in [0.3, 0.4) is 0 Å². The quantitative estimate of drug-likeness (QED) is 0.660. The third-order valence-electron chi connectivity index (χ3n) is 2.99. The molecule has 0 amide bonds. The van der Waals surface area contributed by atoms with Crippen molar-refractivity contribution in [2.45, 2.75) is 32.6 Å². The van der Waals surface area contributed by atoms with Gasteiger partial charge in [-0.2, -0.15) is 0 Å². The first-order valence-corrected chi connectivity index (χ1v) is 7.09. The largest absolute Gasteiger partial charge is 0.462 e. The van der Waals surface area contributed by atoms with E-state index in [9.17, 15) is 4.79 Å². The summed E-state index contributed by atoms with van der Waals surface area (Å²) in [6, 6.07) is 6.08. The van der Waals surface area contributed by atoms with Crippen molar-refractivity contribution in [3.63, 3.8) is 0 Å².